The van der Waals surface area contributed by atoms with E-state index in [1.807, 2.05) is 0 Å². The van der Waals surface area contributed by atoms with E-state index in [-0.39, 0.29) is 12.1 Å². The number of ether oxygens (including phenoxy) is 1. The molecule has 2 fully saturated rings. The summed E-state index contributed by atoms with van der Waals surface area (Å²) in [5, 5.41) is 8.62. The molecule has 0 unspecified atom stereocenters. The van der Waals surface area contributed by atoms with Crippen LogP contribution in [-0.2, 0) is 14.3 Å². The van der Waals surface area contributed by atoms with Crippen molar-refractivity contribution in [1.29, 1.82) is 0 Å². The largest absolute Gasteiger partial charge is 0.474 e. The molecule has 5 heteroatoms. The number of hydrogen-bond donors (Lipinski definition) is 1. The van der Waals surface area contributed by atoms with Crippen LogP contribution in [0.25, 0.3) is 0 Å². The van der Waals surface area contributed by atoms with E-state index in [2.05, 4.69) is 0 Å². The first kappa shape index (κ1) is 9.45. The van der Waals surface area contributed by atoms with E-state index in [9.17, 15) is 9.59 Å². The number of rotatable bonds is 0. The van der Waals surface area contributed by atoms with E-state index in [4.69, 9.17) is 9.84 Å². The molecule has 14 heavy (non-hydrogen) atoms. The third-order valence-corrected chi connectivity index (χ3v) is 2.91. The zero-order chi connectivity index (χ0) is 10.1. The molecule has 0 aliphatic carbocycles. The third kappa shape index (κ3) is 1.48. The Morgan fingerprint density at radius 1 is 1.36 bits per heavy atom. The molecule has 2 saturated heterocycles. The maximum absolute atomic E-state index is 11.3. The number of fused-ring (bicyclic) bond motifs is 1. The first-order valence-corrected chi connectivity index (χ1v) is 4.85. The van der Waals surface area contributed by atoms with Gasteiger partial charge in [-0.15, -0.1) is 0 Å². The lowest BCUT2D eigenvalue weighted by atomic mass is 9.98. The van der Waals surface area contributed by atoms with Crippen molar-refractivity contribution in [3.05, 3.63) is 0 Å². The van der Waals surface area contributed by atoms with Crippen molar-refractivity contribution in [2.24, 2.45) is 0 Å². The van der Waals surface area contributed by atoms with Gasteiger partial charge in [-0.1, -0.05) is 0 Å². The Bertz CT molecular complexity index is 266. The molecule has 78 valence electrons. The maximum atomic E-state index is 11.3. The first-order valence-electron chi connectivity index (χ1n) is 4.85. The Morgan fingerprint density at radius 3 is 2.86 bits per heavy atom. The number of piperidine rings is 1. The number of carboxylic acid groups (broad SMARTS) is 1. The SMILES string of the molecule is O=C(O)C(=O)N1CCC[C@H]2OCC[C@H]21. The van der Waals surface area contributed by atoms with Gasteiger partial charge < -0.3 is 14.7 Å². The van der Waals surface area contributed by atoms with Gasteiger partial charge in [0.25, 0.3) is 0 Å². The van der Waals surface area contributed by atoms with Crippen molar-refractivity contribution in [1.82, 2.24) is 4.90 Å². The fraction of sp³-hybridized carbons (Fsp3) is 0.778. The lowest BCUT2D eigenvalue weighted by Crippen LogP contribution is -2.51. The summed E-state index contributed by atoms with van der Waals surface area (Å²) in [4.78, 5) is 23.3. The Labute approximate surface area is 81.6 Å². The summed E-state index contributed by atoms with van der Waals surface area (Å²) in [6.45, 7) is 1.19. The highest BCUT2D eigenvalue weighted by molar-refractivity contribution is 6.31. The number of amides is 1. The quantitative estimate of drug-likeness (QED) is 0.551. The van der Waals surface area contributed by atoms with Crippen LogP contribution < -0.4 is 0 Å². The summed E-state index contributed by atoms with van der Waals surface area (Å²) in [5.41, 5.74) is 0. The molecule has 0 spiro atoms. The monoisotopic (exact) mass is 199 g/mol. The molecule has 5 nitrogen and oxygen atoms in total. The van der Waals surface area contributed by atoms with E-state index >= 15 is 0 Å². The zero-order valence-electron chi connectivity index (χ0n) is 7.81. The van der Waals surface area contributed by atoms with E-state index in [0.717, 1.165) is 19.3 Å². The van der Waals surface area contributed by atoms with Crippen LogP contribution in [0.1, 0.15) is 19.3 Å². The van der Waals surface area contributed by atoms with Gasteiger partial charge in [-0.25, -0.2) is 4.79 Å². The molecule has 2 rings (SSSR count). The second-order valence-electron chi connectivity index (χ2n) is 3.71. The molecule has 0 radical (unpaired) electrons. The fourth-order valence-electron chi connectivity index (χ4n) is 2.27. The van der Waals surface area contributed by atoms with Crippen LogP contribution in [0.15, 0.2) is 0 Å². The molecule has 0 aromatic rings. The summed E-state index contributed by atoms with van der Waals surface area (Å²) < 4.78 is 5.43. The Hall–Kier alpha value is -1.10. The molecule has 0 aromatic heterocycles. The van der Waals surface area contributed by atoms with Gasteiger partial charge in [0.2, 0.25) is 0 Å². The van der Waals surface area contributed by atoms with Crippen LogP contribution in [0.4, 0.5) is 0 Å². The number of nitrogens with zero attached hydrogens (tertiary/aromatic N) is 1. The molecule has 0 saturated carbocycles. The minimum atomic E-state index is -1.36. The topological polar surface area (TPSA) is 66.8 Å². The highest BCUT2D eigenvalue weighted by atomic mass is 16.5. The zero-order valence-corrected chi connectivity index (χ0v) is 7.81. The van der Waals surface area contributed by atoms with Crippen LogP contribution in [0.3, 0.4) is 0 Å². The van der Waals surface area contributed by atoms with E-state index < -0.39 is 11.9 Å². The van der Waals surface area contributed by atoms with E-state index in [0.29, 0.717) is 13.2 Å². The first-order chi connectivity index (χ1) is 6.70. The summed E-state index contributed by atoms with van der Waals surface area (Å²) in [6, 6.07) is -0.00708. The van der Waals surface area contributed by atoms with Crippen molar-refractivity contribution < 1.29 is 19.4 Å². The van der Waals surface area contributed by atoms with Crippen molar-refractivity contribution in [2.45, 2.75) is 31.4 Å². The van der Waals surface area contributed by atoms with Gasteiger partial charge in [0, 0.05) is 13.2 Å². The van der Waals surface area contributed by atoms with Gasteiger partial charge in [-0.05, 0) is 19.3 Å². The molecule has 2 aliphatic heterocycles. The number of carbonyl (C=O) groups is 2. The van der Waals surface area contributed by atoms with E-state index in [1.54, 1.807) is 0 Å². The molecular formula is C9H13NO4. The number of carboxylic acids is 1. The van der Waals surface area contributed by atoms with Crippen LogP contribution >= 0.6 is 0 Å². The second kappa shape index (κ2) is 3.57. The minimum Gasteiger partial charge on any atom is -0.474 e. The number of carbonyl (C=O) groups excluding carboxylic acids is 1. The average Bonchev–Trinajstić information content (AvgIpc) is 2.63. The summed E-state index contributed by atoms with van der Waals surface area (Å²) >= 11 is 0. The number of hydrogen-bond acceptors (Lipinski definition) is 3. The van der Waals surface area contributed by atoms with Crippen LogP contribution in [0.5, 0.6) is 0 Å². The van der Waals surface area contributed by atoms with Crippen molar-refractivity contribution >= 4 is 11.9 Å². The summed E-state index contributed by atoms with van der Waals surface area (Å²) in [5.74, 6) is -2.15. The Morgan fingerprint density at radius 2 is 2.14 bits per heavy atom. The molecule has 0 aromatic carbocycles. The van der Waals surface area contributed by atoms with Crippen molar-refractivity contribution in [3.63, 3.8) is 0 Å². The Balaban J connectivity index is 2.10. The molecular weight excluding hydrogens is 186 g/mol. The molecule has 2 aliphatic rings. The molecule has 1 N–H and O–H groups in total. The predicted molar refractivity (Wildman–Crippen MR) is 46.7 cm³/mol. The lowest BCUT2D eigenvalue weighted by molar-refractivity contribution is -0.158. The van der Waals surface area contributed by atoms with Crippen LogP contribution in [0.2, 0.25) is 0 Å². The smallest absolute Gasteiger partial charge is 0.394 e. The van der Waals surface area contributed by atoms with Gasteiger partial charge >= 0.3 is 11.9 Å². The fourth-order valence-corrected chi connectivity index (χ4v) is 2.27. The normalized spacial score (nSPS) is 31.3. The van der Waals surface area contributed by atoms with Crippen molar-refractivity contribution in [3.8, 4) is 0 Å². The highest BCUT2D eigenvalue weighted by Crippen LogP contribution is 2.28. The average molecular weight is 199 g/mol. The molecule has 2 heterocycles. The third-order valence-electron chi connectivity index (χ3n) is 2.91. The number of aliphatic carboxylic acids is 1. The van der Waals surface area contributed by atoms with Crippen LogP contribution in [0, 0.1) is 0 Å². The molecule has 2 atom stereocenters. The second-order valence-corrected chi connectivity index (χ2v) is 3.71. The molecule has 0 bridgehead atoms. The van der Waals surface area contributed by atoms with Gasteiger partial charge in [0.05, 0.1) is 12.1 Å². The number of likely N-dealkylation sites (tertiary alicyclic amines) is 1. The standard InChI is InChI=1S/C9H13NO4/c11-8(9(12)13)10-4-1-2-7-6(10)3-5-14-7/h6-7H,1-5H2,(H,12,13)/t6-,7-/m1/s1. The summed E-state index contributed by atoms with van der Waals surface area (Å²) in [6.07, 6.45) is 2.60. The maximum Gasteiger partial charge on any atom is 0.394 e. The van der Waals surface area contributed by atoms with Gasteiger partial charge in [0.15, 0.2) is 0 Å². The van der Waals surface area contributed by atoms with Gasteiger partial charge in [-0.2, -0.15) is 0 Å². The highest BCUT2D eigenvalue weighted by Gasteiger charge is 2.40. The van der Waals surface area contributed by atoms with Gasteiger partial charge in [0.1, 0.15) is 0 Å². The van der Waals surface area contributed by atoms with Crippen LogP contribution in [-0.4, -0.2) is 47.2 Å². The summed E-state index contributed by atoms with van der Waals surface area (Å²) in [7, 11) is 0. The van der Waals surface area contributed by atoms with Gasteiger partial charge in [-0.3, -0.25) is 4.79 Å². The predicted octanol–water partition coefficient (Wildman–Crippen LogP) is -0.149. The van der Waals surface area contributed by atoms with Crippen molar-refractivity contribution in [2.75, 3.05) is 13.2 Å². The Kier molecular flexibility index (Phi) is 2.41. The minimum absolute atomic E-state index is 0.00708. The molecule has 1 amide bonds. The van der Waals surface area contributed by atoms with E-state index in [1.165, 1.54) is 4.90 Å². The lowest BCUT2D eigenvalue weighted by Gasteiger charge is -2.35.